The second-order valence-corrected chi connectivity index (χ2v) is 8.29. The Morgan fingerprint density at radius 2 is 1.93 bits per heavy atom. The molecule has 9 heteroatoms. The fourth-order valence-corrected chi connectivity index (χ4v) is 4.07. The molecule has 2 heterocycles. The predicted molar refractivity (Wildman–Crippen MR) is 104 cm³/mol. The molecule has 0 aliphatic carbocycles. The zero-order valence-electron chi connectivity index (χ0n) is 15.2. The third-order valence-electron chi connectivity index (χ3n) is 4.70. The average molecular weight is 402 g/mol. The fourth-order valence-electron chi connectivity index (χ4n) is 3.61. The molecule has 1 unspecified atom stereocenters. The van der Waals surface area contributed by atoms with Gasteiger partial charge in [0.2, 0.25) is 0 Å². The van der Waals surface area contributed by atoms with Crippen molar-refractivity contribution in [2.45, 2.75) is 12.0 Å². The molecule has 0 amide bonds. The van der Waals surface area contributed by atoms with Crippen LogP contribution in [0.25, 0.3) is 0 Å². The van der Waals surface area contributed by atoms with Gasteiger partial charge in [-0.05, 0) is 41.8 Å². The van der Waals surface area contributed by atoms with E-state index in [2.05, 4.69) is 4.99 Å². The summed E-state index contributed by atoms with van der Waals surface area (Å²) in [4.78, 5) is 11.2. The van der Waals surface area contributed by atoms with Gasteiger partial charge < -0.3 is 9.92 Å². The Balaban J connectivity index is 1.89. The van der Waals surface area contributed by atoms with Crippen molar-refractivity contribution in [2.75, 3.05) is 19.3 Å². The van der Waals surface area contributed by atoms with Crippen molar-refractivity contribution < 1.29 is 17.0 Å². The molecule has 2 N–H and O–H groups in total. The molecule has 1 atom stereocenters. The molecule has 0 fully saturated rings. The highest BCUT2D eigenvalue weighted by molar-refractivity contribution is 7.86. The van der Waals surface area contributed by atoms with E-state index in [1.807, 2.05) is 4.90 Å². The Bertz CT molecular complexity index is 1080. The first-order chi connectivity index (χ1) is 13.3. The maximum Gasteiger partial charge on any atom is 0.306 e. The Morgan fingerprint density at radius 3 is 2.61 bits per heavy atom. The van der Waals surface area contributed by atoms with Crippen LogP contribution < -0.4 is 9.92 Å². The predicted octanol–water partition coefficient (Wildman–Crippen LogP) is 1.84. The Labute approximate surface area is 162 Å². The number of rotatable bonds is 4. The van der Waals surface area contributed by atoms with Gasteiger partial charge in [-0.25, -0.2) is 9.38 Å². The zero-order valence-corrected chi connectivity index (χ0v) is 16.0. The lowest BCUT2D eigenvalue weighted by atomic mass is 9.82. The number of hydrogen-bond donors (Lipinski definition) is 1. The molecule has 146 valence electrons. The highest BCUT2D eigenvalue weighted by Crippen LogP contribution is 2.42. The molecule has 28 heavy (non-hydrogen) atoms. The van der Waals surface area contributed by atoms with E-state index >= 15 is 0 Å². The summed E-state index contributed by atoms with van der Waals surface area (Å²) in [5.74, 6) is 0.744. The molecular weight excluding hydrogens is 383 g/mol. The van der Waals surface area contributed by atoms with Crippen molar-refractivity contribution in [1.82, 2.24) is 4.90 Å². The highest BCUT2D eigenvalue weighted by atomic mass is 32.2. The van der Waals surface area contributed by atoms with Crippen LogP contribution in [0.15, 0.2) is 58.5 Å². The molecule has 2 aromatic carbocycles. The van der Waals surface area contributed by atoms with E-state index < -0.39 is 21.5 Å². The van der Waals surface area contributed by atoms with Gasteiger partial charge >= 0.3 is 10.1 Å². The normalized spacial score (nSPS) is 21.7. The van der Waals surface area contributed by atoms with Crippen LogP contribution >= 0.6 is 0 Å². The minimum Gasteiger partial charge on any atom is -0.383 e. The minimum atomic E-state index is -3.64. The quantitative estimate of drug-likeness (QED) is 0.787. The Hall–Kier alpha value is -2.94. The number of nitrogens with zero attached hydrogens (tertiary/aromatic N) is 3. The van der Waals surface area contributed by atoms with Gasteiger partial charge in [-0.3, -0.25) is 9.89 Å². The first-order valence-electron chi connectivity index (χ1n) is 8.73. The van der Waals surface area contributed by atoms with Gasteiger partial charge in [0.25, 0.3) is 0 Å². The van der Waals surface area contributed by atoms with Crippen molar-refractivity contribution in [1.29, 1.82) is 0 Å². The number of fused-ring (bicyclic) bond motifs is 1. The molecule has 0 radical (unpaired) electrons. The van der Waals surface area contributed by atoms with E-state index in [0.717, 1.165) is 12.7 Å². The van der Waals surface area contributed by atoms with Crippen LogP contribution in [0.3, 0.4) is 0 Å². The van der Waals surface area contributed by atoms with Crippen LogP contribution in [0, 0.1) is 5.82 Å². The summed E-state index contributed by atoms with van der Waals surface area (Å²) < 4.78 is 41.7. The van der Waals surface area contributed by atoms with E-state index in [4.69, 9.17) is 14.9 Å². The summed E-state index contributed by atoms with van der Waals surface area (Å²) in [6, 6.07) is 12.6. The van der Waals surface area contributed by atoms with Crippen LogP contribution in [-0.4, -0.2) is 44.5 Å². The van der Waals surface area contributed by atoms with Crippen molar-refractivity contribution in [2.24, 2.45) is 15.7 Å². The number of nitrogens with two attached hydrogens (primary N) is 1. The number of hydrogen-bond acceptors (Lipinski definition) is 7. The number of guanidine groups is 1. The lowest BCUT2D eigenvalue weighted by molar-refractivity contribution is 0.492. The van der Waals surface area contributed by atoms with Gasteiger partial charge in [0.15, 0.2) is 11.5 Å². The van der Waals surface area contributed by atoms with Crippen LogP contribution in [0.1, 0.15) is 17.5 Å². The summed E-state index contributed by atoms with van der Waals surface area (Å²) in [6.07, 6.45) is 1.83. The van der Waals surface area contributed by atoms with Crippen LogP contribution in [0.2, 0.25) is 0 Å². The highest BCUT2D eigenvalue weighted by Gasteiger charge is 2.49. The van der Waals surface area contributed by atoms with E-state index in [1.54, 1.807) is 24.3 Å². The van der Waals surface area contributed by atoms with Gasteiger partial charge in [0, 0.05) is 13.1 Å². The minimum absolute atomic E-state index is 0.179. The van der Waals surface area contributed by atoms with Crippen molar-refractivity contribution >= 4 is 21.9 Å². The van der Waals surface area contributed by atoms with Gasteiger partial charge in [-0.1, -0.05) is 24.3 Å². The maximum atomic E-state index is 14.1. The topological polar surface area (TPSA) is 97.3 Å². The zero-order chi connectivity index (χ0) is 19.9. The number of benzene rings is 2. The first-order valence-corrected chi connectivity index (χ1v) is 10.5. The molecule has 0 bridgehead atoms. The fraction of sp³-hybridized carbons (Fsp3) is 0.263. The summed E-state index contributed by atoms with van der Waals surface area (Å²) in [7, 11) is -3.64. The monoisotopic (exact) mass is 402 g/mol. The smallest absolute Gasteiger partial charge is 0.306 e. The molecular formula is C19H19FN4O3S. The molecule has 0 aromatic heterocycles. The standard InChI is InChI=1S/C19H19FN4O3S/c1-28(25,26)27-16-8-6-13(7-9-16)19(14-4-2-5-15(20)12-14)17-22-10-3-11-24(17)18(21)23-19/h2,4-9,12H,3,10-11H2,1H3,(H2,21,23). The van der Waals surface area contributed by atoms with Gasteiger partial charge in [0.1, 0.15) is 17.4 Å². The number of halogens is 1. The number of amidine groups is 1. The van der Waals surface area contributed by atoms with Crippen LogP contribution in [0.4, 0.5) is 4.39 Å². The summed E-state index contributed by atoms with van der Waals surface area (Å²) in [6.45, 7) is 1.31. The van der Waals surface area contributed by atoms with E-state index in [0.29, 0.717) is 36.0 Å². The molecule has 2 aliphatic rings. The third kappa shape index (κ3) is 3.11. The largest absolute Gasteiger partial charge is 0.383 e. The van der Waals surface area contributed by atoms with E-state index in [9.17, 15) is 12.8 Å². The average Bonchev–Trinajstić information content (AvgIpc) is 2.95. The maximum absolute atomic E-state index is 14.1. The second kappa shape index (κ2) is 6.59. The molecule has 4 rings (SSSR count). The molecule has 2 aromatic rings. The van der Waals surface area contributed by atoms with E-state index in [-0.39, 0.29) is 5.75 Å². The summed E-state index contributed by atoms with van der Waals surface area (Å²) >= 11 is 0. The molecule has 2 aliphatic heterocycles. The molecule has 0 saturated heterocycles. The third-order valence-corrected chi connectivity index (χ3v) is 5.20. The van der Waals surface area contributed by atoms with E-state index in [1.165, 1.54) is 24.3 Å². The lowest BCUT2D eigenvalue weighted by Crippen LogP contribution is -2.46. The van der Waals surface area contributed by atoms with Gasteiger partial charge in [-0.2, -0.15) is 8.42 Å². The van der Waals surface area contributed by atoms with Crippen molar-refractivity contribution in [3.63, 3.8) is 0 Å². The second-order valence-electron chi connectivity index (χ2n) is 6.71. The Kier molecular flexibility index (Phi) is 4.34. The Morgan fingerprint density at radius 1 is 1.18 bits per heavy atom. The number of aliphatic imine (C=N–C) groups is 2. The van der Waals surface area contributed by atoms with Gasteiger partial charge in [-0.15, -0.1) is 0 Å². The summed E-state index contributed by atoms with van der Waals surface area (Å²) in [5.41, 5.74) is 6.37. The summed E-state index contributed by atoms with van der Waals surface area (Å²) in [5, 5.41) is 0. The molecule has 0 saturated carbocycles. The first kappa shape index (κ1) is 18.4. The van der Waals surface area contributed by atoms with Crippen LogP contribution in [0.5, 0.6) is 5.75 Å². The molecule has 7 nitrogen and oxygen atoms in total. The SMILES string of the molecule is CS(=O)(=O)Oc1ccc(C2(c3cccc(F)c3)N=C(N)N3CCCN=C32)cc1. The molecule has 0 spiro atoms. The lowest BCUT2D eigenvalue weighted by Gasteiger charge is -2.33. The van der Waals surface area contributed by atoms with Gasteiger partial charge in [0.05, 0.1) is 6.26 Å². The van der Waals surface area contributed by atoms with Crippen molar-refractivity contribution in [3.05, 3.63) is 65.5 Å². The van der Waals surface area contributed by atoms with Crippen molar-refractivity contribution in [3.8, 4) is 5.75 Å². The van der Waals surface area contributed by atoms with Crippen LogP contribution in [-0.2, 0) is 15.7 Å².